The van der Waals surface area contributed by atoms with Crippen LogP contribution >= 0.6 is 11.6 Å². The van der Waals surface area contributed by atoms with Crippen LogP contribution in [0.2, 0.25) is 0 Å². The fourth-order valence-electron chi connectivity index (χ4n) is 2.36. The average Bonchev–Trinajstić information content (AvgIpc) is 2.74. The molecule has 0 amide bonds. The average molecular weight is 227 g/mol. The van der Waals surface area contributed by atoms with Gasteiger partial charge >= 0.3 is 0 Å². The molecule has 1 aliphatic carbocycles. The zero-order valence-electron chi connectivity index (χ0n) is 8.76. The molecule has 1 aliphatic rings. The normalized spacial score (nSPS) is 19.3. The van der Waals surface area contributed by atoms with Crippen molar-refractivity contribution in [1.29, 1.82) is 0 Å². The summed E-state index contributed by atoms with van der Waals surface area (Å²) in [6.07, 6.45) is 5.65. The number of alkyl halides is 1. The number of rotatable bonds is 3. The Kier molecular flexibility index (Phi) is 3.63. The first kappa shape index (κ1) is 10.9. The predicted octanol–water partition coefficient (Wildman–Crippen LogP) is 4.17. The minimum atomic E-state index is -0.124. The van der Waals surface area contributed by atoms with E-state index >= 15 is 0 Å². The van der Waals surface area contributed by atoms with Gasteiger partial charge in [0.25, 0.3) is 0 Å². The van der Waals surface area contributed by atoms with Crippen LogP contribution in [0.25, 0.3) is 0 Å². The maximum absolute atomic E-state index is 13.4. The highest BCUT2D eigenvalue weighted by Gasteiger charge is 2.23. The highest BCUT2D eigenvalue weighted by molar-refractivity contribution is 6.20. The maximum Gasteiger partial charge on any atom is 0.126 e. The highest BCUT2D eigenvalue weighted by atomic mass is 35.5. The molecule has 0 spiro atoms. The van der Waals surface area contributed by atoms with Crippen LogP contribution in [0.1, 0.15) is 31.2 Å². The van der Waals surface area contributed by atoms with Crippen LogP contribution in [0.4, 0.5) is 4.39 Å². The van der Waals surface area contributed by atoms with E-state index in [0.29, 0.717) is 12.3 Å². The third-order valence-corrected chi connectivity index (χ3v) is 3.79. The van der Waals surface area contributed by atoms with Crippen molar-refractivity contribution in [3.63, 3.8) is 0 Å². The van der Waals surface area contributed by atoms with Gasteiger partial charge in [-0.25, -0.2) is 4.39 Å². The lowest BCUT2D eigenvalue weighted by atomic mass is 9.97. The number of halogens is 2. The molecule has 1 saturated carbocycles. The summed E-state index contributed by atoms with van der Waals surface area (Å²) in [5.41, 5.74) is 0.754. The van der Waals surface area contributed by atoms with Gasteiger partial charge in [0.15, 0.2) is 0 Å². The van der Waals surface area contributed by atoms with Crippen molar-refractivity contribution in [3.05, 3.63) is 35.6 Å². The summed E-state index contributed by atoms with van der Waals surface area (Å²) in [6, 6.07) is 6.93. The molecule has 15 heavy (non-hydrogen) atoms. The van der Waals surface area contributed by atoms with E-state index in [1.165, 1.54) is 31.7 Å². The van der Waals surface area contributed by atoms with Crippen LogP contribution in [-0.4, -0.2) is 5.38 Å². The van der Waals surface area contributed by atoms with Crippen molar-refractivity contribution in [2.75, 3.05) is 0 Å². The summed E-state index contributed by atoms with van der Waals surface area (Å²) in [7, 11) is 0. The Morgan fingerprint density at radius 2 is 1.93 bits per heavy atom. The first-order valence-electron chi connectivity index (χ1n) is 5.65. The van der Waals surface area contributed by atoms with E-state index in [2.05, 4.69) is 0 Å². The molecule has 0 radical (unpaired) electrons. The van der Waals surface area contributed by atoms with E-state index < -0.39 is 0 Å². The van der Waals surface area contributed by atoms with E-state index in [9.17, 15) is 4.39 Å². The maximum atomic E-state index is 13.4. The zero-order valence-corrected chi connectivity index (χ0v) is 9.51. The molecule has 0 N–H and O–H groups in total. The first-order chi connectivity index (χ1) is 7.27. The Labute approximate surface area is 95.4 Å². The summed E-state index contributed by atoms with van der Waals surface area (Å²) in [5, 5.41) is 0.101. The van der Waals surface area contributed by atoms with Crippen molar-refractivity contribution >= 4 is 11.6 Å². The Morgan fingerprint density at radius 3 is 2.60 bits per heavy atom. The fraction of sp³-hybridized carbons (Fsp3) is 0.538. The van der Waals surface area contributed by atoms with Crippen LogP contribution in [0, 0.1) is 11.7 Å². The lowest BCUT2D eigenvalue weighted by Crippen LogP contribution is -2.15. The quantitative estimate of drug-likeness (QED) is 0.679. The summed E-state index contributed by atoms with van der Waals surface area (Å²) in [4.78, 5) is 0. The Morgan fingerprint density at radius 1 is 1.27 bits per heavy atom. The van der Waals surface area contributed by atoms with E-state index in [1.807, 2.05) is 12.1 Å². The van der Waals surface area contributed by atoms with E-state index in [4.69, 9.17) is 11.6 Å². The molecule has 0 saturated heterocycles. The Bertz CT molecular complexity index is 318. The Hall–Kier alpha value is -0.560. The molecule has 1 unspecified atom stereocenters. The van der Waals surface area contributed by atoms with Crippen LogP contribution < -0.4 is 0 Å². The second-order valence-corrected chi connectivity index (χ2v) is 4.92. The lowest BCUT2D eigenvalue weighted by Gasteiger charge is -2.16. The molecule has 0 heterocycles. The first-order valence-corrected chi connectivity index (χ1v) is 6.08. The number of hydrogen-bond donors (Lipinski definition) is 0. The minimum Gasteiger partial charge on any atom is -0.207 e. The molecule has 1 atom stereocenters. The van der Waals surface area contributed by atoms with Gasteiger partial charge in [0.05, 0.1) is 0 Å². The second-order valence-electron chi connectivity index (χ2n) is 4.36. The van der Waals surface area contributed by atoms with Crippen molar-refractivity contribution in [1.82, 2.24) is 0 Å². The molecule has 0 aromatic heterocycles. The second kappa shape index (κ2) is 4.98. The van der Waals surface area contributed by atoms with Gasteiger partial charge in [0.1, 0.15) is 5.82 Å². The fourth-order valence-corrected chi connectivity index (χ4v) is 2.78. The van der Waals surface area contributed by atoms with Crippen molar-refractivity contribution in [2.24, 2.45) is 5.92 Å². The van der Waals surface area contributed by atoms with E-state index in [0.717, 1.165) is 5.56 Å². The summed E-state index contributed by atoms with van der Waals surface area (Å²) in [6.45, 7) is 0. The third kappa shape index (κ3) is 2.72. The summed E-state index contributed by atoms with van der Waals surface area (Å²) >= 11 is 6.33. The smallest absolute Gasteiger partial charge is 0.126 e. The van der Waals surface area contributed by atoms with Crippen LogP contribution in [-0.2, 0) is 6.42 Å². The largest absolute Gasteiger partial charge is 0.207 e. The molecular weight excluding hydrogens is 211 g/mol. The molecule has 2 rings (SSSR count). The van der Waals surface area contributed by atoms with Gasteiger partial charge in [-0.15, -0.1) is 11.6 Å². The van der Waals surface area contributed by atoms with Crippen LogP contribution in [0.3, 0.4) is 0 Å². The standard InChI is InChI=1S/C13H16ClF/c14-12(10-5-1-2-6-10)9-11-7-3-4-8-13(11)15/h3-4,7-8,10,12H,1-2,5-6,9H2. The number of hydrogen-bond acceptors (Lipinski definition) is 0. The SMILES string of the molecule is Fc1ccccc1CC(Cl)C1CCCC1. The summed E-state index contributed by atoms with van der Waals surface area (Å²) < 4.78 is 13.4. The monoisotopic (exact) mass is 226 g/mol. The highest BCUT2D eigenvalue weighted by Crippen LogP contribution is 2.32. The lowest BCUT2D eigenvalue weighted by molar-refractivity contribution is 0.502. The molecule has 0 nitrogen and oxygen atoms in total. The zero-order chi connectivity index (χ0) is 10.7. The minimum absolute atomic E-state index is 0.101. The molecule has 1 aromatic rings. The van der Waals surface area contributed by atoms with Gasteiger partial charge in [-0.2, -0.15) is 0 Å². The molecule has 2 heteroatoms. The van der Waals surface area contributed by atoms with Crippen molar-refractivity contribution in [3.8, 4) is 0 Å². The predicted molar refractivity (Wildman–Crippen MR) is 61.7 cm³/mol. The third-order valence-electron chi connectivity index (χ3n) is 3.28. The molecule has 0 aliphatic heterocycles. The Balaban J connectivity index is 1.99. The van der Waals surface area contributed by atoms with Gasteiger partial charge in [-0.05, 0) is 36.8 Å². The van der Waals surface area contributed by atoms with Crippen LogP contribution in [0.15, 0.2) is 24.3 Å². The molecule has 1 fully saturated rings. The van der Waals surface area contributed by atoms with E-state index in [1.54, 1.807) is 6.07 Å². The van der Waals surface area contributed by atoms with Gasteiger partial charge < -0.3 is 0 Å². The molecule has 1 aromatic carbocycles. The number of benzene rings is 1. The van der Waals surface area contributed by atoms with Crippen molar-refractivity contribution < 1.29 is 4.39 Å². The molecule has 0 bridgehead atoms. The summed E-state index contributed by atoms with van der Waals surface area (Å²) in [5.74, 6) is 0.465. The van der Waals surface area contributed by atoms with Crippen LogP contribution in [0.5, 0.6) is 0 Å². The van der Waals surface area contributed by atoms with Gasteiger partial charge in [0.2, 0.25) is 0 Å². The van der Waals surface area contributed by atoms with Gasteiger partial charge in [0, 0.05) is 5.38 Å². The van der Waals surface area contributed by atoms with Crippen molar-refractivity contribution in [2.45, 2.75) is 37.5 Å². The molecular formula is C13H16ClF. The topological polar surface area (TPSA) is 0 Å². The molecule has 82 valence electrons. The van der Waals surface area contributed by atoms with Gasteiger partial charge in [-0.3, -0.25) is 0 Å². The van der Waals surface area contributed by atoms with Gasteiger partial charge in [-0.1, -0.05) is 31.0 Å². The van der Waals surface area contributed by atoms with E-state index in [-0.39, 0.29) is 11.2 Å².